The van der Waals surface area contributed by atoms with Crippen molar-refractivity contribution in [2.75, 3.05) is 0 Å². The number of hydrogen-bond acceptors (Lipinski definition) is 0. The van der Waals surface area contributed by atoms with E-state index >= 15 is 0 Å². The average molecular weight is 761 g/mol. The van der Waals surface area contributed by atoms with Crippen molar-refractivity contribution in [3.05, 3.63) is 211 Å². The summed E-state index contributed by atoms with van der Waals surface area (Å²) < 4.78 is 324. The van der Waals surface area contributed by atoms with E-state index in [-0.39, 0.29) is 0 Å². The number of nitrogens with zero attached hydrogens (tertiary/aromatic N) is 3. The van der Waals surface area contributed by atoms with Crippen LogP contribution in [0.15, 0.2) is 211 Å². The molecule has 0 aliphatic rings. The zero-order chi connectivity index (χ0) is 67.9. The van der Waals surface area contributed by atoms with Crippen molar-refractivity contribution in [3.8, 4) is 39.3 Å². The van der Waals surface area contributed by atoms with Gasteiger partial charge in [0.2, 0.25) is 0 Å². The lowest BCUT2D eigenvalue weighted by Crippen LogP contribution is -2.01. The first-order valence-corrected chi connectivity index (χ1v) is 16.8. The lowest BCUT2D eigenvalue weighted by molar-refractivity contribution is 1.13. The molecular formula is C54H35N3. The van der Waals surface area contributed by atoms with Crippen LogP contribution in [0.5, 0.6) is 0 Å². The van der Waals surface area contributed by atoms with Gasteiger partial charge < -0.3 is 13.7 Å². The molecule has 12 rings (SSSR count). The summed E-state index contributed by atoms with van der Waals surface area (Å²) in [7, 11) is 0. The molecule has 3 nitrogen and oxygen atoms in total. The minimum Gasteiger partial charge on any atom is -0.309 e. The molecule has 0 atom stereocenters. The molecule has 0 aliphatic heterocycles. The van der Waals surface area contributed by atoms with Crippen LogP contribution in [0.3, 0.4) is 0 Å². The smallest absolute Gasteiger partial charge is 0.0782 e. The molecule has 0 saturated carbocycles. The first-order valence-electron chi connectivity index (χ1n) is 34.3. The number of para-hydroxylation sites is 5. The van der Waals surface area contributed by atoms with Gasteiger partial charge in [0.25, 0.3) is 0 Å². The van der Waals surface area contributed by atoms with E-state index in [4.69, 9.17) is 27.4 Å². The maximum Gasteiger partial charge on any atom is 0.0782 e. The molecule has 0 fully saturated rings. The Bertz CT molecular complexity index is 5350. The zero-order valence-corrected chi connectivity index (χ0v) is 28.3. The van der Waals surface area contributed by atoms with Gasteiger partial charge in [-0.05, 0) is 88.7 Å². The van der Waals surface area contributed by atoms with Gasteiger partial charge in [-0.1, -0.05) is 145 Å². The number of hydrogen-bond donors (Lipinski definition) is 0. The standard InChI is InChI=1S/C54H35N3/c1-3-16-36(17-4-1)38-32-39(37-18-5-2-6-19-37)34-41(33-38)55-48-25-11-10-23-45(48)47-35-40(30-31-52(47)55)56-49-26-12-9-22-44(49)46-24-15-29-53(54(46)56)57-50-27-13-7-20-42(50)43-21-8-14-28-51(43)57/h1-35H/i1D,2D,3D,4D,5D,6D,7D,8D,9D,10D,11D,12D,13D,14D,15D,16D,17D,18D,19D,20D,21D,22D,23D,24D,25D,26D,27D,28D,29D,30D,31D,32D,33D,34D,35D. The van der Waals surface area contributed by atoms with E-state index in [9.17, 15) is 20.6 Å². The summed E-state index contributed by atoms with van der Waals surface area (Å²) in [5.41, 5.74) is -11.7. The third-order valence-electron chi connectivity index (χ3n) is 9.28. The number of benzene rings is 9. The SMILES string of the molecule is [2H]c1c([2H])c([2H])c(-c2c([2H])c(-c3c([2H])c([2H])c([2H])c([2H])c3[2H])c([2H])c(-n3c4c([2H])c([2H])c([2H])c([2H])c4c4c([2H])c(-n5c6c([2H])c([2H])c([2H])c([2H])c6c6c([2H])c([2H])c([2H])c(-n7c8c([2H])c([2H])c([2H])c([2H])c8c8c([2H])c([2H])c([2H])c([2H])c87)c65)c([2H])c([2H])c43)c2[2H])c([2H])c1[2H]. The summed E-state index contributed by atoms with van der Waals surface area (Å²) in [5.74, 6) is 0. The van der Waals surface area contributed by atoms with E-state index in [0.717, 1.165) is 4.57 Å². The van der Waals surface area contributed by atoms with Gasteiger partial charge in [-0.2, -0.15) is 0 Å². The second-order valence-corrected chi connectivity index (χ2v) is 12.3. The fourth-order valence-corrected chi connectivity index (χ4v) is 6.99. The molecule has 266 valence electrons. The largest absolute Gasteiger partial charge is 0.309 e. The molecule has 0 N–H and O–H groups in total. The summed E-state index contributed by atoms with van der Waals surface area (Å²) >= 11 is 0. The monoisotopic (exact) mass is 761 g/mol. The van der Waals surface area contributed by atoms with E-state index in [1.165, 1.54) is 0 Å². The van der Waals surface area contributed by atoms with Gasteiger partial charge in [-0.3, -0.25) is 0 Å². The number of fused-ring (bicyclic) bond motifs is 9. The Morgan fingerprint density at radius 1 is 0.263 bits per heavy atom. The van der Waals surface area contributed by atoms with Gasteiger partial charge in [0, 0.05) is 43.7 Å². The van der Waals surface area contributed by atoms with Crippen molar-refractivity contribution in [1.82, 2.24) is 13.7 Å². The first kappa shape index (κ1) is 12.7. The highest BCUT2D eigenvalue weighted by Crippen LogP contribution is 2.42. The molecule has 0 amide bonds. The lowest BCUT2D eigenvalue weighted by Gasteiger charge is -2.15. The fourth-order valence-electron chi connectivity index (χ4n) is 6.99. The molecule has 9 aromatic carbocycles. The van der Waals surface area contributed by atoms with E-state index < -0.39 is 316 Å². The maximum absolute atomic E-state index is 10.4. The second-order valence-electron chi connectivity index (χ2n) is 12.3. The van der Waals surface area contributed by atoms with Crippen LogP contribution in [0, 0.1) is 0 Å². The molecule has 12 aromatic rings. The Morgan fingerprint density at radius 2 is 0.702 bits per heavy atom. The van der Waals surface area contributed by atoms with Gasteiger partial charge in [-0.15, -0.1) is 0 Å². The van der Waals surface area contributed by atoms with E-state index in [1.54, 1.807) is 0 Å². The Kier molecular flexibility index (Phi) is 2.78. The predicted octanol–water partition coefficient (Wildman–Crippen LogP) is 14.3. The van der Waals surface area contributed by atoms with Crippen LogP contribution in [0.2, 0.25) is 0 Å². The van der Waals surface area contributed by atoms with Gasteiger partial charge in [0.1, 0.15) is 0 Å². The molecular weight excluding hydrogens is 691 g/mol. The van der Waals surface area contributed by atoms with Crippen molar-refractivity contribution in [2.45, 2.75) is 0 Å². The number of aromatic nitrogens is 3. The summed E-state index contributed by atoms with van der Waals surface area (Å²) in [6, 6.07) is -36.6. The van der Waals surface area contributed by atoms with Crippen LogP contribution < -0.4 is 0 Å². The third-order valence-corrected chi connectivity index (χ3v) is 9.28. The van der Waals surface area contributed by atoms with Crippen molar-refractivity contribution in [3.63, 3.8) is 0 Å². The van der Waals surface area contributed by atoms with Crippen molar-refractivity contribution in [1.29, 1.82) is 0 Å². The molecule has 0 aliphatic carbocycles. The Labute approximate surface area is 378 Å². The molecule has 0 unspecified atom stereocenters. The van der Waals surface area contributed by atoms with Gasteiger partial charge in [-0.25, -0.2) is 0 Å². The van der Waals surface area contributed by atoms with E-state index in [1.807, 2.05) is 0 Å². The predicted molar refractivity (Wildman–Crippen MR) is 240 cm³/mol. The summed E-state index contributed by atoms with van der Waals surface area (Å²) in [6.45, 7) is 0. The highest BCUT2D eigenvalue weighted by atomic mass is 15.1. The minimum atomic E-state index is -1.26. The van der Waals surface area contributed by atoms with Crippen LogP contribution in [0.1, 0.15) is 48.0 Å². The highest BCUT2D eigenvalue weighted by Gasteiger charge is 2.21. The molecule has 0 bridgehead atoms. The van der Waals surface area contributed by atoms with Crippen LogP contribution in [0.25, 0.3) is 105 Å². The third kappa shape index (κ3) is 4.79. The topological polar surface area (TPSA) is 14.8 Å². The highest BCUT2D eigenvalue weighted by molar-refractivity contribution is 6.16. The van der Waals surface area contributed by atoms with Crippen LogP contribution in [-0.2, 0) is 0 Å². The lowest BCUT2D eigenvalue weighted by atomic mass is 9.98. The summed E-state index contributed by atoms with van der Waals surface area (Å²) in [4.78, 5) is 0. The van der Waals surface area contributed by atoms with Crippen molar-refractivity contribution >= 4 is 65.4 Å². The minimum absolute atomic E-state index is 0.574. The van der Waals surface area contributed by atoms with Crippen molar-refractivity contribution in [2.24, 2.45) is 0 Å². The summed E-state index contributed by atoms with van der Waals surface area (Å²) in [5, 5.41) is -4.23. The second kappa shape index (κ2) is 12.5. The fraction of sp³-hybridized carbons (Fsp3) is 0. The normalized spacial score (nSPS) is 20.5. The molecule has 57 heavy (non-hydrogen) atoms. The molecule has 0 saturated heterocycles. The molecule has 3 heterocycles. The molecule has 3 heteroatoms. The van der Waals surface area contributed by atoms with Crippen LogP contribution in [-0.4, -0.2) is 13.7 Å². The summed E-state index contributed by atoms with van der Waals surface area (Å²) in [6.07, 6.45) is 0. The van der Waals surface area contributed by atoms with Crippen LogP contribution >= 0.6 is 0 Å². The average Bonchev–Trinajstić information content (AvgIpc) is 1.51. The van der Waals surface area contributed by atoms with E-state index in [2.05, 4.69) is 0 Å². The molecule has 0 spiro atoms. The first-order chi connectivity index (χ1) is 42.9. The van der Waals surface area contributed by atoms with Gasteiger partial charge in [0.05, 0.1) is 86.8 Å². The zero-order valence-electron chi connectivity index (χ0n) is 63.3. The quantitative estimate of drug-likeness (QED) is 0.166. The Balaban J connectivity index is 1.39. The van der Waals surface area contributed by atoms with E-state index in [0.29, 0.717) is 9.13 Å². The Hall–Kier alpha value is -7.62. The van der Waals surface area contributed by atoms with Crippen molar-refractivity contribution < 1.29 is 48.0 Å². The number of rotatable bonds is 5. The maximum atomic E-state index is 10.4. The van der Waals surface area contributed by atoms with Crippen LogP contribution in [0.4, 0.5) is 0 Å². The molecule has 0 radical (unpaired) electrons. The van der Waals surface area contributed by atoms with Gasteiger partial charge >= 0.3 is 0 Å². The Morgan fingerprint density at radius 3 is 1.28 bits per heavy atom. The van der Waals surface area contributed by atoms with Gasteiger partial charge in [0.15, 0.2) is 0 Å². The molecule has 3 aromatic heterocycles.